The van der Waals surface area contributed by atoms with E-state index in [4.69, 9.17) is 18.9 Å². The first-order valence-electron chi connectivity index (χ1n) is 9.78. The molecule has 1 heterocycles. The van der Waals surface area contributed by atoms with Crippen LogP contribution in [0.5, 0.6) is 0 Å². The van der Waals surface area contributed by atoms with Gasteiger partial charge in [-0.05, 0) is 40.5 Å². The molecular weight excluding hydrogens is 354 g/mol. The van der Waals surface area contributed by atoms with Crippen LogP contribution in [-0.2, 0) is 29.9 Å². The Hall–Kier alpha value is -0.0500. The molecule has 7 heteroatoms. The van der Waals surface area contributed by atoms with Crippen molar-refractivity contribution in [3.63, 3.8) is 0 Å². The minimum atomic E-state index is -1.27. The van der Waals surface area contributed by atoms with Crippen LogP contribution in [0.1, 0.15) is 67.2 Å². The quantitative estimate of drug-likeness (QED) is 0.516. The summed E-state index contributed by atoms with van der Waals surface area (Å²) in [6.45, 7) is 13.8. The molecule has 0 aromatic rings. The van der Waals surface area contributed by atoms with Gasteiger partial charge in [-0.15, -0.1) is 0 Å². The smallest absolute Gasteiger partial charge is 0.179 e. The third-order valence-electron chi connectivity index (χ3n) is 4.52. The molecule has 1 rings (SSSR count). The topological polar surface area (TPSA) is 66.0 Å². The van der Waals surface area contributed by atoms with Gasteiger partial charge in [-0.1, -0.05) is 26.7 Å². The summed E-state index contributed by atoms with van der Waals surface area (Å²) >= 11 is 0. The first kappa shape index (κ1) is 24.0. The second kappa shape index (κ2) is 11.1. The van der Waals surface area contributed by atoms with Crippen molar-refractivity contribution in [1.82, 2.24) is 4.72 Å². The van der Waals surface area contributed by atoms with Gasteiger partial charge in [0.05, 0.1) is 22.3 Å². The predicted octanol–water partition coefficient (Wildman–Crippen LogP) is 3.17. The van der Waals surface area contributed by atoms with Crippen molar-refractivity contribution in [1.29, 1.82) is 0 Å². The largest absolute Gasteiger partial charge is 0.379 e. The number of rotatable bonds is 12. The minimum absolute atomic E-state index is 0.261. The van der Waals surface area contributed by atoms with Crippen LogP contribution >= 0.6 is 0 Å². The van der Waals surface area contributed by atoms with Crippen LogP contribution in [0.4, 0.5) is 0 Å². The highest BCUT2D eigenvalue weighted by Crippen LogP contribution is 2.35. The molecule has 1 fully saturated rings. The third kappa shape index (κ3) is 6.53. The number of nitrogens with one attached hydrogen (secondary N) is 1. The molecule has 0 aliphatic carbocycles. The van der Waals surface area contributed by atoms with E-state index in [1.807, 2.05) is 27.7 Å². The Morgan fingerprint density at radius 1 is 1.15 bits per heavy atom. The van der Waals surface area contributed by atoms with Crippen LogP contribution in [0.15, 0.2) is 0 Å². The molecule has 0 spiro atoms. The number of unbranched alkanes of at least 4 members (excludes halogenated alkanes) is 2. The molecule has 1 unspecified atom stereocenters. The molecule has 0 aromatic carbocycles. The maximum atomic E-state index is 12.8. The molecule has 1 aliphatic heterocycles. The Bertz CT molecular complexity index is 429. The fourth-order valence-corrected chi connectivity index (χ4v) is 3.78. The van der Waals surface area contributed by atoms with E-state index in [1.165, 1.54) is 0 Å². The Morgan fingerprint density at radius 3 is 2.31 bits per heavy atom. The average molecular weight is 394 g/mol. The molecule has 0 saturated carbocycles. The summed E-state index contributed by atoms with van der Waals surface area (Å²) in [7, 11) is 0.334. The molecule has 1 saturated heterocycles. The van der Waals surface area contributed by atoms with Crippen LogP contribution in [-0.4, -0.2) is 59.9 Å². The van der Waals surface area contributed by atoms with E-state index in [0.717, 1.165) is 25.7 Å². The van der Waals surface area contributed by atoms with Crippen molar-refractivity contribution in [2.75, 3.05) is 26.9 Å². The average Bonchev–Trinajstić information content (AvgIpc) is 2.83. The van der Waals surface area contributed by atoms with E-state index in [-0.39, 0.29) is 12.2 Å². The summed E-state index contributed by atoms with van der Waals surface area (Å²) in [6, 6.07) is 0. The Kier molecular flexibility index (Phi) is 10.2. The van der Waals surface area contributed by atoms with Crippen molar-refractivity contribution in [3.8, 4) is 0 Å². The predicted molar refractivity (Wildman–Crippen MR) is 105 cm³/mol. The van der Waals surface area contributed by atoms with E-state index in [1.54, 1.807) is 7.11 Å². The van der Waals surface area contributed by atoms with Gasteiger partial charge in [0.25, 0.3) is 0 Å². The standard InChI is InChI=1S/C19H39NO5S/c1-8-10-12-23-14-15-16(24-13-11-9-2)19(6,17(22-7)25-15)20-26(21)18(3,4)5/h15-17,20H,8-14H2,1-7H3/t15-,16-,17+,19-,26?/m1/s1. The summed E-state index contributed by atoms with van der Waals surface area (Å²) in [4.78, 5) is 0. The van der Waals surface area contributed by atoms with E-state index in [2.05, 4.69) is 18.6 Å². The van der Waals surface area contributed by atoms with E-state index in [9.17, 15) is 4.21 Å². The maximum absolute atomic E-state index is 12.8. The number of hydrogen-bond donors (Lipinski definition) is 1. The molecule has 5 atom stereocenters. The molecule has 1 aliphatic rings. The van der Waals surface area contributed by atoms with Crippen molar-refractivity contribution in [3.05, 3.63) is 0 Å². The number of ether oxygens (including phenoxy) is 4. The zero-order valence-electron chi connectivity index (χ0n) is 17.6. The van der Waals surface area contributed by atoms with Gasteiger partial charge in [-0.3, -0.25) is 0 Å². The fourth-order valence-electron chi connectivity index (χ4n) is 2.86. The molecule has 26 heavy (non-hydrogen) atoms. The van der Waals surface area contributed by atoms with Gasteiger partial charge in [0.1, 0.15) is 17.7 Å². The van der Waals surface area contributed by atoms with E-state index < -0.39 is 27.6 Å². The Balaban J connectivity index is 2.93. The second-order valence-corrected chi connectivity index (χ2v) is 10.0. The molecular formula is C19H39NO5S. The van der Waals surface area contributed by atoms with Gasteiger partial charge < -0.3 is 18.9 Å². The van der Waals surface area contributed by atoms with Gasteiger partial charge in [-0.25, -0.2) is 8.93 Å². The lowest BCUT2D eigenvalue weighted by Crippen LogP contribution is -2.61. The lowest BCUT2D eigenvalue weighted by Gasteiger charge is -2.36. The van der Waals surface area contributed by atoms with Gasteiger partial charge in [-0.2, -0.15) is 0 Å². The summed E-state index contributed by atoms with van der Waals surface area (Å²) in [6.07, 6.45) is 3.01. The van der Waals surface area contributed by atoms with Crippen LogP contribution in [0.25, 0.3) is 0 Å². The Labute approximate surface area is 162 Å². The van der Waals surface area contributed by atoms with Crippen LogP contribution in [0.3, 0.4) is 0 Å². The monoisotopic (exact) mass is 393 g/mol. The van der Waals surface area contributed by atoms with Crippen molar-refractivity contribution >= 4 is 11.0 Å². The molecule has 6 nitrogen and oxygen atoms in total. The molecule has 0 amide bonds. The first-order valence-corrected chi connectivity index (χ1v) is 10.9. The molecule has 0 aromatic heterocycles. The first-order chi connectivity index (χ1) is 12.2. The Morgan fingerprint density at radius 2 is 1.77 bits per heavy atom. The summed E-state index contributed by atoms with van der Waals surface area (Å²) in [5, 5.41) is 0. The van der Waals surface area contributed by atoms with E-state index in [0.29, 0.717) is 19.8 Å². The minimum Gasteiger partial charge on any atom is -0.379 e. The van der Waals surface area contributed by atoms with Crippen LogP contribution < -0.4 is 4.72 Å². The lowest BCUT2D eigenvalue weighted by molar-refractivity contribution is -0.147. The summed E-state index contributed by atoms with van der Waals surface area (Å²) in [5.74, 6) is 0. The van der Waals surface area contributed by atoms with Gasteiger partial charge in [0.2, 0.25) is 0 Å². The molecule has 1 N–H and O–H groups in total. The maximum Gasteiger partial charge on any atom is 0.179 e. The van der Waals surface area contributed by atoms with Crippen molar-refractivity contribution < 1.29 is 23.2 Å². The fraction of sp³-hybridized carbons (Fsp3) is 1.00. The zero-order chi connectivity index (χ0) is 19.8. The SMILES string of the molecule is CCCCOC[C@H]1O[C@H](OC)[C@](C)(NS(=O)C(C)(C)C)[C@@H]1OCCCC. The number of methoxy groups -OCH3 is 1. The van der Waals surface area contributed by atoms with Gasteiger partial charge in [0, 0.05) is 20.3 Å². The second-order valence-electron chi connectivity index (χ2n) is 8.08. The highest BCUT2D eigenvalue weighted by atomic mass is 32.2. The zero-order valence-corrected chi connectivity index (χ0v) is 18.4. The van der Waals surface area contributed by atoms with E-state index >= 15 is 0 Å². The molecule has 156 valence electrons. The molecule has 0 bridgehead atoms. The highest BCUT2D eigenvalue weighted by molar-refractivity contribution is 7.84. The van der Waals surface area contributed by atoms with Crippen molar-refractivity contribution in [2.45, 2.75) is 96.0 Å². The van der Waals surface area contributed by atoms with Crippen LogP contribution in [0, 0.1) is 0 Å². The van der Waals surface area contributed by atoms with Crippen molar-refractivity contribution in [2.24, 2.45) is 0 Å². The van der Waals surface area contributed by atoms with Crippen LogP contribution in [0.2, 0.25) is 0 Å². The number of hydrogen-bond acceptors (Lipinski definition) is 5. The van der Waals surface area contributed by atoms with Gasteiger partial charge >= 0.3 is 0 Å². The highest BCUT2D eigenvalue weighted by Gasteiger charge is 2.56. The normalized spacial score (nSPS) is 30.7. The third-order valence-corrected chi connectivity index (χ3v) is 6.26. The molecule has 0 radical (unpaired) electrons. The summed E-state index contributed by atoms with van der Waals surface area (Å²) < 4.78 is 39.3. The van der Waals surface area contributed by atoms with Gasteiger partial charge in [0.15, 0.2) is 6.29 Å². The summed E-state index contributed by atoms with van der Waals surface area (Å²) in [5.41, 5.74) is -0.723. The lowest BCUT2D eigenvalue weighted by atomic mass is 9.94.